The topological polar surface area (TPSA) is 104 Å². The monoisotopic (exact) mass is 428 g/mol. The summed E-state index contributed by atoms with van der Waals surface area (Å²) in [5.74, 6) is -1.91. The molecule has 0 aliphatic carbocycles. The van der Waals surface area contributed by atoms with Crippen molar-refractivity contribution < 1.29 is 27.5 Å². The van der Waals surface area contributed by atoms with Gasteiger partial charge in [0, 0.05) is 23.2 Å². The summed E-state index contributed by atoms with van der Waals surface area (Å²) >= 11 is 1.24. The first-order chi connectivity index (χ1) is 13.7. The molecule has 0 saturated heterocycles. The summed E-state index contributed by atoms with van der Waals surface area (Å²) in [5.41, 5.74) is 5.36. The summed E-state index contributed by atoms with van der Waals surface area (Å²) in [5, 5.41) is 14.0. The first-order valence-electron chi connectivity index (χ1n) is 8.35. The molecule has 2 heterocycles. The van der Waals surface area contributed by atoms with Gasteiger partial charge in [-0.15, -0.1) is 11.3 Å². The van der Waals surface area contributed by atoms with Gasteiger partial charge in [0.2, 0.25) is 0 Å². The van der Waals surface area contributed by atoms with E-state index < -0.39 is 29.5 Å². The Kier molecular flexibility index (Phi) is 6.01. The van der Waals surface area contributed by atoms with E-state index in [0.29, 0.717) is 16.8 Å². The molecule has 0 radical (unpaired) electrons. The van der Waals surface area contributed by atoms with Crippen molar-refractivity contribution in [1.82, 2.24) is 15.3 Å². The molecule has 0 bridgehead atoms. The summed E-state index contributed by atoms with van der Waals surface area (Å²) in [6.45, 7) is -0.160. The fourth-order valence-corrected chi connectivity index (χ4v) is 3.49. The highest BCUT2D eigenvalue weighted by molar-refractivity contribution is 7.09. The van der Waals surface area contributed by atoms with Crippen LogP contribution in [-0.2, 0) is 12.8 Å². The van der Waals surface area contributed by atoms with E-state index in [0.717, 1.165) is 12.1 Å². The number of nitrogens with zero attached hydrogens (tertiary/aromatic N) is 1. The van der Waals surface area contributed by atoms with Crippen LogP contribution in [0.25, 0.3) is 11.3 Å². The van der Waals surface area contributed by atoms with Gasteiger partial charge in [-0.05, 0) is 24.3 Å². The molecule has 3 rings (SSSR count). The molecule has 0 fully saturated rings. The number of aliphatic hydroxyl groups excluding tert-OH is 1. The number of hydrogen-bond donors (Lipinski definition) is 4. The molecular formula is C18H16F4N4O2S. The molecule has 1 aromatic carbocycles. The average Bonchev–Trinajstić information content (AvgIpc) is 3.34. The van der Waals surface area contributed by atoms with Gasteiger partial charge in [-0.2, -0.15) is 13.2 Å². The fraction of sp³-hybridized carbons (Fsp3) is 0.222. The smallest absolute Gasteiger partial charge is 0.390 e. The van der Waals surface area contributed by atoms with Crippen LogP contribution in [-0.4, -0.2) is 27.5 Å². The second-order valence-corrected chi connectivity index (χ2v) is 6.96. The molecule has 0 spiro atoms. The number of halogens is 4. The van der Waals surface area contributed by atoms with E-state index in [9.17, 15) is 22.4 Å². The third kappa shape index (κ3) is 4.63. The van der Waals surface area contributed by atoms with E-state index in [1.165, 1.54) is 23.5 Å². The number of carbonyl (C=O) groups is 1. The Morgan fingerprint density at radius 1 is 1.31 bits per heavy atom. The molecule has 1 atom stereocenters. The third-order valence-electron chi connectivity index (χ3n) is 4.09. The van der Waals surface area contributed by atoms with Gasteiger partial charge in [0.05, 0.1) is 23.9 Å². The molecule has 154 valence electrons. The van der Waals surface area contributed by atoms with E-state index >= 15 is 0 Å². The lowest BCUT2D eigenvalue weighted by Gasteiger charge is -2.13. The van der Waals surface area contributed by atoms with Gasteiger partial charge < -0.3 is 21.1 Å². The van der Waals surface area contributed by atoms with Gasteiger partial charge in [0.25, 0.3) is 5.91 Å². The number of H-pyrrole nitrogens is 1. The number of carbonyl (C=O) groups excluding carboxylic acids is 1. The zero-order chi connectivity index (χ0) is 21.2. The average molecular weight is 428 g/mol. The summed E-state index contributed by atoms with van der Waals surface area (Å²) in [6.07, 6.45) is -4.79. The zero-order valence-corrected chi connectivity index (χ0v) is 15.6. The number of nitrogens with two attached hydrogens (primary N) is 1. The van der Waals surface area contributed by atoms with Gasteiger partial charge in [-0.3, -0.25) is 4.79 Å². The summed E-state index contributed by atoms with van der Waals surface area (Å²) < 4.78 is 51.8. The van der Waals surface area contributed by atoms with Crippen LogP contribution in [0.3, 0.4) is 0 Å². The van der Waals surface area contributed by atoms with E-state index in [4.69, 9.17) is 10.8 Å². The van der Waals surface area contributed by atoms with Crippen LogP contribution in [0.15, 0.2) is 35.7 Å². The molecule has 0 aliphatic heterocycles. The molecule has 0 aliphatic rings. The van der Waals surface area contributed by atoms with Crippen LogP contribution in [0.1, 0.15) is 32.8 Å². The van der Waals surface area contributed by atoms with Gasteiger partial charge in [0.1, 0.15) is 16.5 Å². The predicted molar refractivity (Wildman–Crippen MR) is 98.5 cm³/mol. The summed E-state index contributed by atoms with van der Waals surface area (Å²) in [7, 11) is 0. The Labute approximate surface area is 166 Å². The first kappa shape index (κ1) is 21.0. The van der Waals surface area contributed by atoms with Crippen molar-refractivity contribution in [2.45, 2.75) is 18.8 Å². The maximum Gasteiger partial charge on any atom is 0.419 e. The predicted octanol–water partition coefficient (Wildman–Crippen LogP) is 3.22. The van der Waals surface area contributed by atoms with Crippen LogP contribution in [0.2, 0.25) is 0 Å². The number of aromatic amines is 1. The fourth-order valence-electron chi connectivity index (χ4n) is 2.62. The highest BCUT2D eigenvalue weighted by Crippen LogP contribution is 2.33. The molecule has 5 N–H and O–H groups in total. The van der Waals surface area contributed by atoms with Crippen LogP contribution in [0, 0.1) is 5.82 Å². The lowest BCUT2D eigenvalue weighted by Crippen LogP contribution is -2.33. The highest BCUT2D eigenvalue weighted by Gasteiger charge is 2.34. The van der Waals surface area contributed by atoms with Crippen LogP contribution in [0.5, 0.6) is 0 Å². The van der Waals surface area contributed by atoms with Crippen LogP contribution in [0.4, 0.5) is 17.6 Å². The number of nitrogens with one attached hydrogen (secondary N) is 2. The zero-order valence-electron chi connectivity index (χ0n) is 14.8. The molecular weight excluding hydrogens is 412 g/mol. The number of aliphatic hydroxyl groups is 1. The van der Waals surface area contributed by atoms with E-state index in [1.54, 1.807) is 5.38 Å². The third-order valence-corrected chi connectivity index (χ3v) is 5.09. The van der Waals surface area contributed by atoms with Gasteiger partial charge in [-0.1, -0.05) is 6.07 Å². The molecule has 2 aromatic heterocycles. The Hall–Kier alpha value is -2.76. The van der Waals surface area contributed by atoms with Crippen molar-refractivity contribution in [1.29, 1.82) is 0 Å². The minimum Gasteiger partial charge on any atom is -0.390 e. The molecule has 0 saturated carbocycles. The largest absolute Gasteiger partial charge is 0.419 e. The summed E-state index contributed by atoms with van der Waals surface area (Å²) in [6, 6.07) is 4.83. The number of thiazole rings is 1. The summed E-state index contributed by atoms with van der Waals surface area (Å²) in [4.78, 5) is 19.4. The van der Waals surface area contributed by atoms with Crippen molar-refractivity contribution in [3.05, 3.63) is 63.5 Å². The van der Waals surface area contributed by atoms with Crippen molar-refractivity contribution in [3.8, 4) is 11.3 Å². The van der Waals surface area contributed by atoms with Crippen molar-refractivity contribution in [2.75, 3.05) is 6.54 Å². The number of hydrogen-bond acceptors (Lipinski definition) is 5. The van der Waals surface area contributed by atoms with Gasteiger partial charge >= 0.3 is 6.18 Å². The van der Waals surface area contributed by atoms with Crippen molar-refractivity contribution in [3.63, 3.8) is 0 Å². The maximum atomic E-state index is 13.8. The molecule has 11 heteroatoms. The standard InChI is InChI=1S/C18H16F4N4O2S/c19-12-5-9(1-2-11(12)18(20,21)22)13-3-4-14(25-13)16(28)26-15(6-23)17-24-10(7-27)8-29-17/h1-5,8,15,25,27H,6-7,23H2,(H,26,28)/t15-/m0/s1. The van der Waals surface area contributed by atoms with Crippen LogP contribution < -0.4 is 11.1 Å². The minimum atomic E-state index is -4.79. The SMILES string of the molecule is NC[C@H](NC(=O)c1ccc(-c2ccc(C(F)(F)F)c(F)c2)[nH]1)c1nc(CO)cs1. The number of benzene rings is 1. The first-order valence-corrected chi connectivity index (χ1v) is 9.23. The molecule has 29 heavy (non-hydrogen) atoms. The lowest BCUT2D eigenvalue weighted by atomic mass is 10.1. The van der Waals surface area contributed by atoms with Gasteiger partial charge in [-0.25, -0.2) is 9.37 Å². The molecule has 1 amide bonds. The Morgan fingerprint density at radius 2 is 2.07 bits per heavy atom. The number of alkyl halides is 3. The Morgan fingerprint density at radius 3 is 2.66 bits per heavy atom. The normalized spacial score (nSPS) is 12.8. The second-order valence-electron chi connectivity index (χ2n) is 6.08. The van der Waals surface area contributed by atoms with Gasteiger partial charge in [0.15, 0.2) is 0 Å². The maximum absolute atomic E-state index is 13.8. The number of rotatable bonds is 6. The number of aromatic nitrogens is 2. The molecule has 6 nitrogen and oxygen atoms in total. The van der Waals surface area contributed by atoms with Crippen molar-refractivity contribution in [2.24, 2.45) is 5.73 Å². The Bertz CT molecular complexity index is 1020. The van der Waals surface area contributed by atoms with Crippen LogP contribution >= 0.6 is 11.3 Å². The second kappa shape index (κ2) is 8.31. The van der Waals surface area contributed by atoms with Crippen molar-refractivity contribution >= 4 is 17.2 Å². The quantitative estimate of drug-likeness (QED) is 0.453. The lowest BCUT2D eigenvalue weighted by molar-refractivity contribution is -0.139. The minimum absolute atomic E-state index is 0.0712. The van der Waals surface area contributed by atoms with E-state index in [-0.39, 0.29) is 30.1 Å². The molecule has 0 unspecified atom stereocenters. The Balaban J connectivity index is 1.77. The number of amides is 1. The molecule has 3 aromatic rings. The van der Waals surface area contributed by atoms with E-state index in [1.807, 2.05) is 0 Å². The highest BCUT2D eigenvalue weighted by atomic mass is 32.1. The van der Waals surface area contributed by atoms with E-state index in [2.05, 4.69) is 15.3 Å².